The molecule has 8 nitrogen and oxygen atoms in total. The van der Waals surface area contributed by atoms with Crippen LogP contribution in [0.3, 0.4) is 0 Å². The van der Waals surface area contributed by atoms with E-state index in [9.17, 15) is 16.8 Å². The van der Waals surface area contributed by atoms with Crippen molar-refractivity contribution in [1.82, 2.24) is 9.03 Å². The van der Waals surface area contributed by atoms with Gasteiger partial charge in [0.25, 0.3) is 0 Å². The zero-order valence-corrected chi connectivity index (χ0v) is 24.2. The summed E-state index contributed by atoms with van der Waals surface area (Å²) in [6, 6.07) is 18.7. The van der Waals surface area contributed by atoms with E-state index in [4.69, 9.17) is 9.47 Å². The van der Waals surface area contributed by atoms with Crippen molar-refractivity contribution >= 4 is 20.0 Å². The SMILES string of the molecule is COc1ccc(CCN(Cc2ccc(C)cc2)S(=O)(=O)c2ccc(S(=O)(=O)NC3CCCC3)cc2)cc1OC. The van der Waals surface area contributed by atoms with Crippen molar-refractivity contribution in [2.45, 2.75) is 61.4 Å². The number of sulfonamides is 2. The lowest BCUT2D eigenvalue weighted by atomic mass is 10.1. The highest BCUT2D eigenvalue weighted by molar-refractivity contribution is 7.89. The molecule has 0 atom stereocenters. The largest absolute Gasteiger partial charge is 0.493 e. The molecule has 0 aromatic heterocycles. The van der Waals surface area contributed by atoms with Gasteiger partial charge in [0.15, 0.2) is 11.5 Å². The molecule has 1 aliphatic rings. The predicted molar refractivity (Wildman–Crippen MR) is 151 cm³/mol. The number of hydrogen-bond acceptors (Lipinski definition) is 6. The molecule has 3 aromatic rings. The van der Waals surface area contributed by atoms with Crippen molar-refractivity contribution in [2.24, 2.45) is 0 Å². The fourth-order valence-corrected chi connectivity index (χ4v) is 7.48. The van der Waals surface area contributed by atoms with Crippen LogP contribution in [-0.2, 0) is 33.0 Å². The molecule has 0 spiro atoms. The monoisotopic (exact) mass is 572 g/mol. The Morgan fingerprint density at radius 3 is 2.00 bits per heavy atom. The number of nitrogens with zero attached hydrogens (tertiary/aromatic N) is 1. The molecule has 10 heteroatoms. The van der Waals surface area contributed by atoms with E-state index in [1.54, 1.807) is 20.3 Å². The molecule has 0 aliphatic heterocycles. The Bertz CT molecular complexity index is 1470. The maximum atomic E-state index is 13.8. The van der Waals surface area contributed by atoms with Crippen LogP contribution in [0, 0.1) is 6.92 Å². The van der Waals surface area contributed by atoms with E-state index in [0.717, 1.165) is 42.4 Å². The molecule has 39 heavy (non-hydrogen) atoms. The van der Waals surface area contributed by atoms with Crippen LogP contribution in [0.2, 0.25) is 0 Å². The van der Waals surface area contributed by atoms with Crippen molar-refractivity contribution in [3.05, 3.63) is 83.4 Å². The third-order valence-electron chi connectivity index (χ3n) is 7.03. The highest BCUT2D eigenvalue weighted by Gasteiger charge is 2.27. The van der Waals surface area contributed by atoms with Crippen LogP contribution in [0.15, 0.2) is 76.5 Å². The van der Waals surface area contributed by atoms with Gasteiger partial charge in [-0.2, -0.15) is 4.31 Å². The molecule has 0 amide bonds. The van der Waals surface area contributed by atoms with E-state index >= 15 is 0 Å². The summed E-state index contributed by atoms with van der Waals surface area (Å²) >= 11 is 0. The van der Waals surface area contributed by atoms with Gasteiger partial charge in [-0.3, -0.25) is 0 Å². The van der Waals surface area contributed by atoms with Crippen LogP contribution < -0.4 is 14.2 Å². The first-order chi connectivity index (χ1) is 18.6. The first kappa shape index (κ1) is 29.1. The summed E-state index contributed by atoms with van der Waals surface area (Å²) in [6.45, 7) is 2.38. The second-order valence-electron chi connectivity index (χ2n) is 9.84. The van der Waals surface area contributed by atoms with E-state index in [0.29, 0.717) is 17.9 Å². The van der Waals surface area contributed by atoms with Crippen molar-refractivity contribution in [2.75, 3.05) is 20.8 Å². The third kappa shape index (κ3) is 7.19. The number of methoxy groups -OCH3 is 2. The maximum absolute atomic E-state index is 13.8. The molecule has 1 aliphatic carbocycles. The van der Waals surface area contributed by atoms with Gasteiger partial charge >= 0.3 is 0 Å². The molecule has 4 rings (SSSR count). The minimum atomic E-state index is -3.93. The van der Waals surface area contributed by atoms with Crippen molar-refractivity contribution < 1.29 is 26.3 Å². The van der Waals surface area contributed by atoms with Crippen LogP contribution in [0.1, 0.15) is 42.4 Å². The lowest BCUT2D eigenvalue weighted by Gasteiger charge is -2.23. The second-order valence-corrected chi connectivity index (χ2v) is 13.5. The summed E-state index contributed by atoms with van der Waals surface area (Å²) < 4.78 is 68.1. The lowest BCUT2D eigenvalue weighted by Crippen LogP contribution is -2.33. The Labute approximate surface area is 232 Å². The van der Waals surface area contributed by atoms with Gasteiger partial charge in [-0.1, -0.05) is 48.7 Å². The molecule has 0 unspecified atom stereocenters. The average molecular weight is 573 g/mol. The first-order valence-corrected chi connectivity index (χ1v) is 15.9. The fourth-order valence-electron chi connectivity index (χ4n) is 4.74. The molecular formula is C29H36N2O6S2. The van der Waals surface area contributed by atoms with Crippen molar-refractivity contribution in [3.63, 3.8) is 0 Å². The molecule has 0 saturated heterocycles. The number of nitrogens with one attached hydrogen (secondary N) is 1. The summed E-state index contributed by atoms with van der Waals surface area (Å²) in [4.78, 5) is 0.102. The summed E-state index contributed by atoms with van der Waals surface area (Å²) in [6.07, 6.45) is 4.09. The summed E-state index contributed by atoms with van der Waals surface area (Å²) in [5, 5.41) is 0. The Kier molecular flexibility index (Phi) is 9.32. The maximum Gasteiger partial charge on any atom is 0.243 e. The van der Waals surface area contributed by atoms with E-state index in [-0.39, 0.29) is 28.9 Å². The van der Waals surface area contributed by atoms with Gasteiger partial charge in [0.2, 0.25) is 20.0 Å². The number of ether oxygens (including phenoxy) is 2. The van der Waals surface area contributed by atoms with Gasteiger partial charge in [0, 0.05) is 19.1 Å². The predicted octanol–water partition coefficient (Wildman–Crippen LogP) is 4.67. The second kappa shape index (κ2) is 12.5. The summed E-state index contributed by atoms with van der Waals surface area (Å²) in [7, 11) is -4.53. The van der Waals surface area contributed by atoms with E-state index in [2.05, 4.69) is 4.72 Å². The zero-order valence-electron chi connectivity index (χ0n) is 22.6. The molecule has 0 radical (unpaired) electrons. The van der Waals surface area contributed by atoms with Gasteiger partial charge in [0.1, 0.15) is 0 Å². The van der Waals surface area contributed by atoms with Crippen LogP contribution in [-0.4, -0.2) is 47.9 Å². The number of rotatable bonds is 12. The molecule has 210 valence electrons. The molecule has 0 bridgehead atoms. The molecule has 1 fully saturated rings. The molecule has 3 aromatic carbocycles. The normalized spacial score (nSPS) is 14.6. The fraction of sp³-hybridized carbons (Fsp3) is 0.379. The quantitative estimate of drug-likeness (QED) is 0.339. The van der Waals surface area contributed by atoms with Crippen LogP contribution in [0.5, 0.6) is 11.5 Å². The molecule has 1 saturated carbocycles. The van der Waals surface area contributed by atoms with Crippen LogP contribution in [0.25, 0.3) is 0 Å². The Morgan fingerprint density at radius 2 is 1.38 bits per heavy atom. The van der Waals surface area contributed by atoms with Crippen molar-refractivity contribution in [3.8, 4) is 11.5 Å². The van der Waals surface area contributed by atoms with E-state index in [1.807, 2.05) is 43.3 Å². The lowest BCUT2D eigenvalue weighted by molar-refractivity contribution is 0.354. The average Bonchev–Trinajstić information content (AvgIpc) is 3.44. The van der Waals surface area contributed by atoms with Gasteiger partial charge in [-0.05, 0) is 73.7 Å². The highest BCUT2D eigenvalue weighted by atomic mass is 32.2. The van der Waals surface area contributed by atoms with Gasteiger partial charge in [0.05, 0.1) is 24.0 Å². The Hall–Kier alpha value is -2.92. The first-order valence-electron chi connectivity index (χ1n) is 13.0. The Balaban J connectivity index is 1.58. The summed E-state index contributed by atoms with van der Waals surface area (Å²) in [5.41, 5.74) is 2.84. The molecule has 1 N–H and O–H groups in total. The topological polar surface area (TPSA) is 102 Å². The standard InChI is InChI=1S/C29H36N2O6S2/c1-22-8-10-24(11-9-22)21-31(19-18-23-12-17-28(36-2)29(20-23)37-3)39(34,35)27-15-13-26(14-16-27)38(32,33)30-25-6-4-5-7-25/h8-17,20,25,30H,4-7,18-19,21H2,1-3H3. The van der Waals surface area contributed by atoms with Crippen LogP contribution in [0.4, 0.5) is 0 Å². The summed E-state index contributed by atoms with van der Waals surface area (Å²) in [5.74, 6) is 1.17. The number of benzene rings is 3. The van der Waals surface area contributed by atoms with Crippen LogP contribution >= 0.6 is 0 Å². The van der Waals surface area contributed by atoms with Gasteiger partial charge < -0.3 is 9.47 Å². The van der Waals surface area contributed by atoms with Gasteiger partial charge in [-0.15, -0.1) is 0 Å². The molecule has 0 heterocycles. The third-order valence-corrected chi connectivity index (χ3v) is 10.4. The van der Waals surface area contributed by atoms with Gasteiger partial charge in [-0.25, -0.2) is 21.6 Å². The zero-order chi connectivity index (χ0) is 28.0. The Morgan fingerprint density at radius 1 is 0.795 bits per heavy atom. The molecular weight excluding hydrogens is 536 g/mol. The minimum Gasteiger partial charge on any atom is -0.493 e. The number of aryl methyl sites for hydroxylation is 1. The van der Waals surface area contributed by atoms with E-state index < -0.39 is 20.0 Å². The minimum absolute atomic E-state index is 0.0433. The van der Waals surface area contributed by atoms with E-state index in [1.165, 1.54) is 28.6 Å². The number of hydrogen-bond donors (Lipinski definition) is 1. The smallest absolute Gasteiger partial charge is 0.243 e. The highest BCUT2D eigenvalue weighted by Crippen LogP contribution is 2.29. The van der Waals surface area contributed by atoms with Crippen molar-refractivity contribution in [1.29, 1.82) is 0 Å².